The van der Waals surface area contributed by atoms with E-state index in [-0.39, 0.29) is 12.9 Å². The molecule has 0 radical (unpaired) electrons. The summed E-state index contributed by atoms with van der Waals surface area (Å²) in [5.74, 6) is 0. The number of sulfonamides is 1. The van der Waals surface area contributed by atoms with Crippen molar-refractivity contribution in [2.45, 2.75) is 64.3 Å². The molecule has 4 nitrogen and oxygen atoms in total. The number of likely N-dealkylation sites (tertiary alicyclic amines) is 1. The quantitative estimate of drug-likeness (QED) is 0.856. The molecule has 1 fully saturated rings. The van der Waals surface area contributed by atoms with E-state index in [4.69, 9.17) is 0 Å². The zero-order valence-electron chi connectivity index (χ0n) is 16.7. The lowest BCUT2D eigenvalue weighted by Crippen LogP contribution is -2.46. The van der Waals surface area contributed by atoms with E-state index in [2.05, 4.69) is 48.6 Å². The predicted molar refractivity (Wildman–Crippen MR) is 110 cm³/mol. The van der Waals surface area contributed by atoms with Crippen LogP contribution in [-0.2, 0) is 15.4 Å². The molecule has 1 aromatic rings. The molecule has 0 saturated carbocycles. The second kappa shape index (κ2) is 7.25. The van der Waals surface area contributed by atoms with Crippen molar-refractivity contribution in [2.75, 3.05) is 25.9 Å². The number of hydrogen-bond donors (Lipinski definition) is 1. The van der Waals surface area contributed by atoms with Crippen molar-refractivity contribution in [1.29, 1.82) is 0 Å². The normalized spacial score (nSPS) is 23.8. The van der Waals surface area contributed by atoms with Crippen LogP contribution in [0, 0.1) is 5.41 Å². The number of piperidine rings is 1. The van der Waals surface area contributed by atoms with Gasteiger partial charge < -0.3 is 4.90 Å². The van der Waals surface area contributed by atoms with Crippen molar-refractivity contribution >= 4 is 10.0 Å². The summed E-state index contributed by atoms with van der Waals surface area (Å²) >= 11 is 0. The summed E-state index contributed by atoms with van der Waals surface area (Å²) in [4.78, 5) is 2.61. The first-order valence-electron chi connectivity index (χ1n) is 9.87. The Balaban J connectivity index is 0.00000261. The number of nitrogens with one attached hydrogen (secondary N) is 1. The van der Waals surface area contributed by atoms with Crippen LogP contribution in [0.25, 0.3) is 0 Å². The van der Waals surface area contributed by atoms with Gasteiger partial charge in [0.05, 0.1) is 6.26 Å². The first-order valence-corrected chi connectivity index (χ1v) is 11.8. The van der Waals surface area contributed by atoms with E-state index in [1.165, 1.54) is 43.2 Å². The van der Waals surface area contributed by atoms with Crippen molar-refractivity contribution in [2.24, 2.45) is 5.41 Å². The maximum atomic E-state index is 11.8. The molecule has 1 spiro atoms. The van der Waals surface area contributed by atoms with Gasteiger partial charge in [0, 0.05) is 7.47 Å². The van der Waals surface area contributed by atoms with Gasteiger partial charge in [-0.25, -0.2) is 13.1 Å². The van der Waals surface area contributed by atoms with Crippen molar-refractivity contribution in [3.05, 3.63) is 35.4 Å². The molecule has 2 aliphatic rings. The molecule has 1 aliphatic carbocycles. The van der Waals surface area contributed by atoms with E-state index in [0.29, 0.717) is 5.41 Å². The van der Waals surface area contributed by atoms with Crippen molar-refractivity contribution in [3.63, 3.8) is 0 Å². The molecular formula is C21H36N2O2S. The molecule has 1 N–H and O–H groups in total. The smallest absolute Gasteiger partial charge is 0.209 e. The van der Waals surface area contributed by atoms with Gasteiger partial charge in [0.2, 0.25) is 10.0 Å². The number of rotatable bonds is 4. The Morgan fingerprint density at radius 3 is 2.46 bits per heavy atom. The SMILES string of the molecule is CC(C)(C)CCN1CCC2(CC[C@H](NS(C)(=O)=O)c3ccccc32)CC1.[HH]. The second-order valence-electron chi connectivity index (χ2n) is 9.50. The van der Waals surface area contributed by atoms with Crippen LogP contribution in [0.3, 0.4) is 0 Å². The minimum Gasteiger partial charge on any atom is -0.303 e. The summed E-state index contributed by atoms with van der Waals surface area (Å²) in [5, 5.41) is 0. The second-order valence-corrected chi connectivity index (χ2v) is 11.3. The van der Waals surface area contributed by atoms with Crippen LogP contribution in [0.5, 0.6) is 0 Å². The molecule has 0 amide bonds. The molecule has 3 rings (SSSR count). The van der Waals surface area contributed by atoms with Crippen LogP contribution in [0.1, 0.15) is 71.5 Å². The average molecular weight is 381 g/mol. The van der Waals surface area contributed by atoms with E-state index < -0.39 is 10.0 Å². The highest BCUT2D eigenvalue weighted by molar-refractivity contribution is 7.88. The highest BCUT2D eigenvalue weighted by atomic mass is 32.2. The third-order valence-corrected chi connectivity index (χ3v) is 6.88. The Labute approximate surface area is 160 Å². The zero-order chi connectivity index (χ0) is 19.0. The Morgan fingerprint density at radius 2 is 1.85 bits per heavy atom. The molecule has 26 heavy (non-hydrogen) atoms. The molecular weight excluding hydrogens is 344 g/mol. The first kappa shape index (κ1) is 19.8. The summed E-state index contributed by atoms with van der Waals surface area (Å²) in [6.45, 7) is 10.4. The van der Waals surface area contributed by atoms with Gasteiger partial charge in [-0.15, -0.1) is 0 Å². The van der Waals surface area contributed by atoms with E-state index in [1.54, 1.807) is 0 Å². The highest BCUT2D eigenvalue weighted by Gasteiger charge is 2.42. The Kier molecular flexibility index (Phi) is 5.53. The van der Waals surface area contributed by atoms with Crippen LogP contribution in [0.4, 0.5) is 0 Å². The van der Waals surface area contributed by atoms with Gasteiger partial charge in [0.1, 0.15) is 0 Å². The van der Waals surface area contributed by atoms with Gasteiger partial charge in [-0.2, -0.15) is 0 Å². The Hall–Kier alpha value is -0.910. The van der Waals surface area contributed by atoms with Crippen molar-refractivity contribution in [3.8, 4) is 0 Å². The summed E-state index contributed by atoms with van der Waals surface area (Å²) < 4.78 is 26.4. The minimum absolute atomic E-state index is 0. The summed E-state index contributed by atoms with van der Waals surface area (Å²) in [5.41, 5.74) is 3.18. The van der Waals surface area contributed by atoms with Gasteiger partial charge in [0.15, 0.2) is 0 Å². The summed E-state index contributed by atoms with van der Waals surface area (Å²) in [6, 6.07) is 8.41. The van der Waals surface area contributed by atoms with E-state index in [1.807, 2.05) is 6.07 Å². The molecule has 1 saturated heterocycles. The average Bonchev–Trinajstić information content (AvgIpc) is 2.56. The fourth-order valence-electron chi connectivity index (χ4n) is 4.59. The van der Waals surface area contributed by atoms with E-state index in [9.17, 15) is 8.42 Å². The molecule has 1 aromatic carbocycles. The van der Waals surface area contributed by atoms with Crippen LogP contribution < -0.4 is 4.72 Å². The van der Waals surface area contributed by atoms with Crippen LogP contribution in [0.2, 0.25) is 0 Å². The number of nitrogens with zero attached hydrogens (tertiary/aromatic N) is 1. The summed E-state index contributed by atoms with van der Waals surface area (Å²) in [6.07, 6.45) is 6.82. The topological polar surface area (TPSA) is 49.4 Å². The molecule has 1 atom stereocenters. The third kappa shape index (κ3) is 4.68. The lowest BCUT2D eigenvalue weighted by atomic mass is 9.64. The maximum absolute atomic E-state index is 11.8. The van der Waals surface area contributed by atoms with Gasteiger partial charge in [-0.05, 0) is 73.7 Å². The monoisotopic (exact) mass is 380 g/mol. The molecule has 148 valence electrons. The minimum atomic E-state index is -3.20. The van der Waals surface area contributed by atoms with Gasteiger partial charge in [0.25, 0.3) is 0 Å². The standard InChI is InChI=1S/C21H34N2O2S.H2/c1-20(2,3)11-14-23-15-12-21(13-16-23)10-9-19(22-26(4,24)25)17-7-5-6-8-18(17)21;/h5-8,19,22H,9-16H2,1-4H3;1H/t19-;/m0./s1. The highest BCUT2D eigenvalue weighted by Crippen LogP contribution is 2.48. The molecule has 0 aromatic heterocycles. The molecule has 0 bridgehead atoms. The molecule has 5 heteroatoms. The van der Waals surface area contributed by atoms with Gasteiger partial charge >= 0.3 is 0 Å². The maximum Gasteiger partial charge on any atom is 0.209 e. The van der Waals surface area contributed by atoms with E-state index >= 15 is 0 Å². The molecule has 1 heterocycles. The third-order valence-electron chi connectivity index (χ3n) is 6.17. The number of benzene rings is 1. The number of fused-ring (bicyclic) bond motifs is 2. The summed E-state index contributed by atoms with van der Waals surface area (Å²) in [7, 11) is -3.20. The van der Waals surface area contributed by atoms with Crippen molar-refractivity contribution < 1.29 is 9.84 Å². The lowest BCUT2D eigenvalue weighted by molar-refractivity contribution is 0.128. The Morgan fingerprint density at radius 1 is 1.19 bits per heavy atom. The van der Waals surface area contributed by atoms with Crippen LogP contribution >= 0.6 is 0 Å². The van der Waals surface area contributed by atoms with Crippen molar-refractivity contribution in [1.82, 2.24) is 9.62 Å². The predicted octanol–water partition coefficient (Wildman–Crippen LogP) is 4.09. The van der Waals surface area contributed by atoms with E-state index in [0.717, 1.165) is 25.9 Å². The number of hydrogen-bond acceptors (Lipinski definition) is 3. The molecule has 1 aliphatic heterocycles. The largest absolute Gasteiger partial charge is 0.303 e. The fraction of sp³-hybridized carbons (Fsp3) is 0.714. The molecule has 0 unspecified atom stereocenters. The fourth-order valence-corrected chi connectivity index (χ4v) is 5.35. The lowest BCUT2D eigenvalue weighted by Gasteiger charge is -2.47. The Bertz CT molecular complexity index is 735. The zero-order valence-corrected chi connectivity index (χ0v) is 17.5. The van der Waals surface area contributed by atoms with Crippen LogP contribution in [-0.4, -0.2) is 39.2 Å². The van der Waals surface area contributed by atoms with Gasteiger partial charge in [-0.3, -0.25) is 0 Å². The first-order chi connectivity index (χ1) is 12.1. The van der Waals surface area contributed by atoms with Crippen LogP contribution in [0.15, 0.2) is 24.3 Å². The van der Waals surface area contributed by atoms with Gasteiger partial charge in [-0.1, -0.05) is 45.0 Å².